The van der Waals surface area contributed by atoms with Crippen LogP contribution in [-0.4, -0.2) is 36.9 Å². The van der Waals surface area contributed by atoms with Gasteiger partial charge in [0.15, 0.2) is 5.84 Å². The van der Waals surface area contributed by atoms with Crippen molar-refractivity contribution in [1.29, 1.82) is 0 Å². The maximum atomic E-state index is 12.1. The van der Waals surface area contributed by atoms with Gasteiger partial charge >= 0.3 is 0 Å². The van der Waals surface area contributed by atoms with Crippen LogP contribution in [0.25, 0.3) is 0 Å². The average molecular weight is 298 g/mol. The van der Waals surface area contributed by atoms with E-state index >= 15 is 0 Å². The van der Waals surface area contributed by atoms with Gasteiger partial charge in [0.25, 0.3) is 10.0 Å². The Kier molecular flexibility index (Phi) is 4.75. The van der Waals surface area contributed by atoms with Crippen molar-refractivity contribution in [1.82, 2.24) is 4.31 Å². The second-order valence-corrected chi connectivity index (χ2v) is 6.96. The summed E-state index contributed by atoms with van der Waals surface area (Å²) in [6.07, 6.45) is 0. The Labute approximate surface area is 108 Å². The molecule has 1 aromatic rings. The summed E-state index contributed by atoms with van der Waals surface area (Å²) in [7, 11) is -3.64. The first-order chi connectivity index (χ1) is 7.91. The van der Waals surface area contributed by atoms with Crippen molar-refractivity contribution in [3.8, 4) is 0 Å². The van der Waals surface area contributed by atoms with E-state index in [-0.39, 0.29) is 23.1 Å². The van der Waals surface area contributed by atoms with Crippen LogP contribution in [0.2, 0.25) is 4.34 Å². The van der Waals surface area contributed by atoms with Crippen molar-refractivity contribution in [3.63, 3.8) is 0 Å². The van der Waals surface area contributed by atoms with Crippen molar-refractivity contribution in [2.75, 3.05) is 13.1 Å². The fourth-order valence-corrected chi connectivity index (χ4v) is 4.20. The molecular formula is C8H12ClN3O3S2. The molecule has 0 atom stereocenters. The Hall–Kier alpha value is -0.830. The standard InChI is InChI=1S/C8H12ClN3O3S2/c1-2-12(5-7(10)11-13)17(14,15)8-4-3-6(9)16-8/h3-4,13H,2,5H2,1H3,(H2,10,11). The molecule has 0 fully saturated rings. The summed E-state index contributed by atoms with van der Waals surface area (Å²) in [5.74, 6) is -0.168. The van der Waals surface area contributed by atoms with Crippen molar-refractivity contribution < 1.29 is 13.6 Å². The van der Waals surface area contributed by atoms with Crippen molar-refractivity contribution in [2.24, 2.45) is 10.9 Å². The molecule has 0 aliphatic heterocycles. The topological polar surface area (TPSA) is 96.0 Å². The molecule has 0 spiro atoms. The molecule has 0 unspecified atom stereocenters. The first-order valence-electron chi connectivity index (χ1n) is 4.63. The fourth-order valence-electron chi connectivity index (χ4n) is 1.14. The van der Waals surface area contributed by atoms with E-state index in [4.69, 9.17) is 22.5 Å². The number of nitrogens with zero attached hydrogens (tertiary/aromatic N) is 2. The van der Waals surface area contributed by atoms with Crippen LogP contribution in [0.15, 0.2) is 21.5 Å². The molecule has 6 nitrogen and oxygen atoms in total. The smallest absolute Gasteiger partial charge is 0.253 e. The van der Waals surface area contributed by atoms with Crippen LogP contribution in [-0.2, 0) is 10.0 Å². The maximum absolute atomic E-state index is 12.1. The molecule has 0 aliphatic carbocycles. The highest BCUT2D eigenvalue weighted by Gasteiger charge is 2.25. The lowest BCUT2D eigenvalue weighted by atomic mass is 10.6. The number of hydrogen-bond donors (Lipinski definition) is 2. The molecule has 0 aromatic carbocycles. The van der Waals surface area contributed by atoms with E-state index in [1.54, 1.807) is 6.92 Å². The lowest BCUT2D eigenvalue weighted by Crippen LogP contribution is -2.38. The van der Waals surface area contributed by atoms with E-state index in [0.717, 1.165) is 15.6 Å². The highest BCUT2D eigenvalue weighted by Crippen LogP contribution is 2.27. The second-order valence-electron chi connectivity index (χ2n) is 3.08. The van der Waals surface area contributed by atoms with Crippen molar-refractivity contribution in [3.05, 3.63) is 16.5 Å². The molecule has 0 saturated carbocycles. The Morgan fingerprint density at radius 3 is 2.71 bits per heavy atom. The first-order valence-corrected chi connectivity index (χ1v) is 7.27. The average Bonchev–Trinajstić information content (AvgIpc) is 2.72. The van der Waals surface area contributed by atoms with Gasteiger partial charge in [0.05, 0.1) is 10.9 Å². The molecule has 0 saturated heterocycles. The highest BCUT2D eigenvalue weighted by molar-refractivity contribution is 7.91. The van der Waals surface area contributed by atoms with E-state index in [2.05, 4.69) is 5.16 Å². The molecule has 96 valence electrons. The third-order valence-corrected chi connectivity index (χ3v) is 5.58. The zero-order valence-electron chi connectivity index (χ0n) is 9.00. The van der Waals surface area contributed by atoms with E-state index in [9.17, 15) is 8.42 Å². The number of sulfonamides is 1. The van der Waals surface area contributed by atoms with Crippen LogP contribution < -0.4 is 5.73 Å². The van der Waals surface area contributed by atoms with Crippen molar-refractivity contribution >= 4 is 38.8 Å². The van der Waals surface area contributed by atoms with Gasteiger partial charge in [-0.2, -0.15) is 4.31 Å². The molecule has 1 heterocycles. The van der Waals surface area contributed by atoms with Crippen molar-refractivity contribution in [2.45, 2.75) is 11.1 Å². The van der Waals surface area contributed by atoms with Gasteiger partial charge in [-0.3, -0.25) is 0 Å². The molecule has 9 heteroatoms. The lowest BCUT2D eigenvalue weighted by Gasteiger charge is -2.18. The fraction of sp³-hybridized carbons (Fsp3) is 0.375. The molecule has 0 radical (unpaired) electrons. The van der Waals surface area contributed by atoms with Gasteiger partial charge in [-0.1, -0.05) is 23.7 Å². The number of hydrogen-bond acceptors (Lipinski definition) is 5. The quantitative estimate of drug-likeness (QED) is 0.369. The van der Waals surface area contributed by atoms with E-state index in [1.807, 2.05) is 0 Å². The predicted octanol–water partition coefficient (Wildman–Crippen LogP) is 1.16. The molecular weight excluding hydrogens is 286 g/mol. The lowest BCUT2D eigenvalue weighted by molar-refractivity contribution is 0.315. The molecule has 1 aromatic heterocycles. The van der Waals surface area contributed by atoms with Crippen LogP contribution in [0.1, 0.15) is 6.92 Å². The molecule has 17 heavy (non-hydrogen) atoms. The summed E-state index contributed by atoms with van der Waals surface area (Å²) in [5, 5.41) is 11.2. The third kappa shape index (κ3) is 3.32. The maximum Gasteiger partial charge on any atom is 0.253 e. The first kappa shape index (κ1) is 14.2. The zero-order chi connectivity index (χ0) is 13.1. The number of oxime groups is 1. The van der Waals surface area contributed by atoms with Gasteiger partial charge in [0, 0.05) is 6.54 Å². The normalized spacial score (nSPS) is 13.2. The SMILES string of the molecule is CCN(CC(N)=NO)S(=O)(=O)c1ccc(Cl)s1. The Balaban J connectivity index is 3.02. The number of rotatable bonds is 5. The van der Waals surface area contributed by atoms with Gasteiger partial charge < -0.3 is 10.9 Å². The van der Waals surface area contributed by atoms with Crippen LogP contribution in [0.3, 0.4) is 0 Å². The predicted molar refractivity (Wildman–Crippen MR) is 67.2 cm³/mol. The monoisotopic (exact) mass is 297 g/mol. The minimum Gasteiger partial charge on any atom is -0.409 e. The van der Waals surface area contributed by atoms with Crippen LogP contribution in [0.4, 0.5) is 0 Å². The summed E-state index contributed by atoms with van der Waals surface area (Å²) in [4.78, 5) is 0. The Morgan fingerprint density at radius 1 is 1.65 bits per heavy atom. The van der Waals surface area contributed by atoms with Gasteiger partial charge in [-0.25, -0.2) is 8.42 Å². The number of thiophene rings is 1. The van der Waals surface area contributed by atoms with Gasteiger partial charge in [-0.15, -0.1) is 11.3 Å². The number of amidine groups is 1. The largest absolute Gasteiger partial charge is 0.409 e. The summed E-state index contributed by atoms with van der Waals surface area (Å²) in [6.45, 7) is 1.72. The van der Waals surface area contributed by atoms with Gasteiger partial charge in [-0.05, 0) is 12.1 Å². The van der Waals surface area contributed by atoms with Crippen LogP contribution in [0, 0.1) is 0 Å². The van der Waals surface area contributed by atoms with Crippen LogP contribution in [0.5, 0.6) is 0 Å². The minimum absolute atomic E-state index is 0.134. The number of likely N-dealkylation sites (N-methyl/N-ethyl adjacent to an activating group) is 1. The molecule has 0 aliphatic rings. The highest BCUT2D eigenvalue weighted by atomic mass is 35.5. The van der Waals surface area contributed by atoms with E-state index in [1.165, 1.54) is 12.1 Å². The molecule has 0 amide bonds. The molecule has 0 bridgehead atoms. The van der Waals surface area contributed by atoms with E-state index in [0.29, 0.717) is 4.34 Å². The molecule has 1 rings (SSSR count). The van der Waals surface area contributed by atoms with Gasteiger partial charge in [0.2, 0.25) is 0 Å². The summed E-state index contributed by atoms with van der Waals surface area (Å²) in [6, 6.07) is 2.94. The van der Waals surface area contributed by atoms with E-state index < -0.39 is 10.0 Å². The third-order valence-electron chi connectivity index (χ3n) is 1.96. The zero-order valence-corrected chi connectivity index (χ0v) is 11.4. The Bertz CT molecular complexity index is 512. The second kappa shape index (κ2) is 5.67. The summed E-state index contributed by atoms with van der Waals surface area (Å²) < 4.78 is 25.9. The summed E-state index contributed by atoms with van der Waals surface area (Å²) >= 11 is 6.66. The van der Waals surface area contributed by atoms with Crippen LogP contribution >= 0.6 is 22.9 Å². The number of nitrogens with two attached hydrogens (primary N) is 1. The summed E-state index contributed by atoms with van der Waals surface area (Å²) in [5.41, 5.74) is 5.30. The molecule has 3 N–H and O–H groups in total. The number of halogens is 1. The minimum atomic E-state index is -3.64. The van der Waals surface area contributed by atoms with Gasteiger partial charge in [0.1, 0.15) is 4.21 Å². The Morgan fingerprint density at radius 2 is 2.29 bits per heavy atom.